The Morgan fingerprint density at radius 2 is 1.52 bits per heavy atom. The van der Waals surface area contributed by atoms with Crippen LogP contribution in [-0.4, -0.2) is 59.7 Å². The van der Waals surface area contributed by atoms with Crippen molar-refractivity contribution in [1.82, 2.24) is 0 Å². The molecule has 6 nitrogen and oxygen atoms in total. The highest BCUT2D eigenvalue weighted by Gasteiger charge is 2.39. The Kier molecular flexibility index (Phi) is 11.7. The van der Waals surface area contributed by atoms with Crippen LogP contribution < -0.4 is 4.74 Å². The lowest BCUT2D eigenvalue weighted by atomic mass is 10.3. The van der Waals surface area contributed by atoms with Crippen molar-refractivity contribution in [3.8, 4) is 5.75 Å². The molecule has 1 aromatic rings. The maximum Gasteiger partial charge on any atom is 0.501 e. The molecule has 1 aromatic carbocycles. The third-order valence-corrected chi connectivity index (χ3v) is 6.51. The maximum atomic E-state index is 9.91. The summed E-state index contributed by atoms with van der Waals surface area (Å²) in [5, 5.41) is 9.91. The Labute approximate surface area is 152 Å². The summed E-state index contributed by atoms with van der Waals surface area (Å²) in [5.41, 5.74) is 0. The SMILES string of the molecule is CCO[Si](CCCOCC(O)COc1ccccc1)(OCC)OCC. The van der Waals surface area contributed by atoms with E-state index in [0.717, 1.165) is 12.2 Å². The lowest BCUT2D eigenvalue weighted by Crippen LogP contribution is -2.46. The number of aliphatic hydroxyl groups excluding tert-OH is 1. The summed E-state index contributed by atoms with van der Waals surface area (Å²) >= 11 is 0. The summed E-state index contributed by atoms with van der Waals surface area (Å²) < 4.78 is 28.4. The lowest BCUT2D eigenvalue weighted by molar-refractivity contribution is 0.0102. The second-order valence-corrected chi connectivity index (χ2v) is 8.17. The summed E-state index contributed by atoms with van der Waals surface area (Å²) in [6.07, 6.45) is 0.103. The molecular weight excluding hydrogens is 340 g/mol. The first-order valence-corrected chi connectivity index (χ1v) is 10.9. The van der Waals surface area contributed by atoms with E-state index < -0.39 is 14.9 Å². The van der Waals surface area contributed by atoms with Crippen molar-refractivity contribution >= 4 is 8.80 Å². The van der Waals surface area contributed by atoms with E-state index in [1.165, 1.54) is 0 Å². The van der Waals surface area contributed by atoms with Gasteiger partial charge in [0, 0.05) is 32.5 Å². The Bertz CT molecular complexity index is 414. The molecule has 0 saturated carbocycles. The van der Waals surface area contributed by atoms with Gasteiger partial charge in [-0.25, -0.2) is 0 Å². The minimum atomic E-state index is -2.60. The van der Waals surface area contributed by atoms with Gasteiger partial charge in [-0.15, -0.1) is 0 Å². The van der Waals surface area contributed by atoms with Crippen molar-refractivity contribution in [2.24, 2.45) is 0 Å². The van der Waals surface area contributed by atoms with E-state index in [1.54, 1.807) is 0 Å². The van der Waals surface area contributed by atoms with Gasteiger partial charge in [-0.2, -0.15) is 0 Å². The highest BCUT2D eigenvalue weighted by atomic mass is 28.4. The van der Waals surface area contributed by atoms with Gasteiger partial charge in [-0.1, -0.05) is 18.2 Å². The molecule has 0 aliphatic carbocycles. The zero-order chi connectivity index (χ0) is 18.4. The molecule has 0 heterocycles. The first kappa shape index (κ1) is 22.1. The standard InChI is InChI=1S/C18H32O6Si/c1-4-22-25(23-5-2,24-6-3)14-10-13-20-15-17(19)16-21-18-11-8-7-9-12-18/h7-9,11-12,17,19H,4-6,10,13-16H2,1-3H3. The molecule has 0 aromatic heterocycles. The van der Waals surface area contributed by atoms with Crippen molar-refractivity contribution in [1.29, 1.82) is 0 Å². The Morgan fingerprint density at radius 3 is 2.08 bits per heavy atom. The van der Waals surface area contributed by atoms with Crippen molar-refractivity contribution < 1.29 is 27.9 Å². The molecule has 0 amide bonds. The van der Waals surface area contributed by atoms with E-state index in [0.29, 0.717) is 32.5 Å². The fourth-order valence-corrected chi connectivity index (χ4v) is 4.95. The van der Waals surface area contributed by atoms with Crippen LogP contribution in [-0.2, 0) is 18.0 Å². The van der Waals surface area contributed by atoms with E-state index in [2.05, 4.69) is 0 Å². The summed E-state index contributed by atoms with van der Waals surface area (Å²) in [7, 11) is -2.60. The second kappa shape index (κ2) is 13.3. The monoisotopic (exact) mass is 372 g/mol. The van der Waals surface area contributed by atoms with Gasteiger partial charge >= 0.3 is 8.80 Å². The average Bonchev–Trinajstić information content (AvgIpc) is 2.61. The van der Waals surface area contributed by atoms with Gasteiger partial charge in [0.05, 0.1) is 6.61 Å². The van der Waals surface area contributed by atoms with Crippen molar-refractivity contribution in [2.75, 3.05) is 39.6 Å². The number of rotatable bonds is 15. The van der Waals surface area contributed by atoms with Crippen LogP contribution in [0.3, 0.4) is 0 Å². The van der Waals surface area contributed by atoms with Gasteiger partial charge in [0.1, 0.15) is 18.5 Å². The minimum Gasteiger partial charge on any atom is -0.491 e. The lowest BCUT2D eigenvalue weighted by Gasteiger charge is -2.28. The average molecular weight is 373 g/mol. The number of para-hydroxylation sites is 1. The third kappa shape index (κ3) is 9.34. The van der Waals surface area contributed by atoms with Crippen LogP contribution in [0.1, 0.15) is 27.2 Å². The summed E-state index contributed by atoms with van der Waals surface area (Å²) in [5.74, 6) is 0.738. The first-order chi connectivity index (χ1) is 12.2. The van der Waals surface area contributed by atoms with Crippen LogP contribution in [0.4, 0.5) is 0 Å². The minimum absolute atomic E-state index is 0.208. The molecule has 0 aliphatic heterocycles. The quantitative estimate of drug-likeness (QED) is 0.377. The fraction of sp³-hybridized carbons (Fsp3) is 0.667. The third-order valence-electron chi connectivity index (χ3n) is 3.36. The number of hydrogen-bond donors (Lipinski definition) is 1. The molecular formula is C18H32O6Si. The molecule has 1 unspecified atom stereocenters. The molecule has 1 N–H and O–H groups in total. The molecule has 0 saturated heterocycles. The summed E-state index contributed by atoms with van der Waals surface area (Å²) in [6, 6.07) is 10.1. The van der Waals surface area contributed by atoms with Gasteiger partial charge in [-0.3, -0.25) is 0 Å². The van der Waals surface area contributed by atoms with E-state index in [-0.39, 0.29) is 13.2 Å². The van der Waals surface area contributed by atoms with E-state index >= 15 is 0 Å². The van der Waals surface area contributed by atoms with Crippen LogP contribution in [0.5, 0.6) is 5.75 Å². The number of aliphatic hydroxyl groups is 1. The highest BCUT2D eigenvalue weighted by Crippen LogP contribution is 2.18. The molecule has 0 spiro atoms. The zero-order valence-electron chi connectivity index (χ0n) is 15.6. The molecule has 0 aliphatic rings. The van der Waals surface area contributed by atoms with Crippen LogP contribution in [0.2, 0.25) is 6.04 Å². The van der Waals surface area contributed by atoms with Gasteiger partial charge in [0.2, 0.25) is 0 Å². The number of ether oxygens (including phenoxy) is 2. The smallest absolute Gasteiger partial charge is 0.491 e. The predicted molar refractivity (Wildman–Crippen MR) is 98.8 cm³/mol. The molecule has 144 valence electrons. The Hall–Kier alpha value is -0.963. The van der Waals surface area contributed by atoms with Crippen LogP contribution in [0.25, 0.3) is 0 Å². The molecule has 7 heteroatoms. The molecule has 25 heavy (non-hydrogen) atoms. The molecule has 0 radical (unpaired) electrons. The summed E-state index contributed by atoms with van der Waals surface area (Å²) in [6.45, 7) is 8.51. The second-order valence-electron chi connectivity index (χ2n) is 5.44. The first-order valence-electron chi connectivity index (χ1n) is 9.01. The number of benzene rings is 1. The van der Waals surface area contributed by atoms with Crippen molar-refractivity contribution in [3.05, 3.63) is 30.3 Å². The van der Waals surface area contributed by atoms with Crippen LogP contribution >= 0.6 is 0 Å². The molecule has 0 bridgehead atoms. The van der Waals surface area contributed by atoms with Crippen molar-refractivity contribution in [2.45, 2.75) is 39.3 Å². The van der Waals surface area contributed by atoms with E-state index in [4.69, 9.17) is 22.8 Å². The largest absolute Gasteiger partial charge is 0.501 e. The topological polar surface area (TPSA) is 66.4 Å². The van der Waals surface area contributed by atoms with Crippen LogP contribution in [0.15, 0.2) is 30.3 Å². The van der Waals surface area contributed by atoms with Crippen molar-refractivity contribution in [3.63, 3.8) is 0 Å². The molecule has 1 atom stereocenters. The van der Waals surface area contributed by atoms with Gasteiger partial charge in [0.15, 0.2) is 0 Å². The summed E-state index contributed by atoms with van der Waals surface area (Å²) in [4.78, 5) is 0. The van der Waals surface area contributed by atoms with Gasteiger partial charge in [-0.05, 0) is 39.3 Å². The normalized spacial score (nSPS) is 13.0. The molecule has 0 fully saturated rings. The van der Waals surface area contributed by atoms with E-state index in [1.807, 2.05) is 51.1 Å². The van der Waals surface area contributed by atoms with Crippen LogP contribution in [0, 0.1) is 0 Å². The predicted octanol–water partition coefficient (Wildman–Crippen LogP) is 2.88. The van der Waals surface area contributed by atoms with E-state index in [9.17, 15) is 5.11 Å². The number of hydrogen-bond acceptors (Lipinski definition) is 6. The molecule has 1 rings (SSSR count). The highest BCUT2D eigenvalue weighted by molar-refractivity contribution is 6.60. The van der Waals surface area contributed by atoms with Gasteiger partial charge in [0.25, 0.3) is 0 Å². The maximum absolute atomic E-state index is 9.91. The fourth-order valence-electron chi connectivity index (χ4n) is 2.37. The van der Waals surface area contributed by atoms with Gasteiger partial charge < -0.3 is 27.9 Å². The Morgan fingerprint density at radius 1 is 0.920 bits per heavy atom. The Balaban J connectivity index is 2.21. The zero-order valence-corrected chi connectivity index (χ0v) is 16.6.